The van der Waals surface area contributed by atoms with Crippen LogP contribution in [0.1, 0.15) is 11.8 Å². The summed E-state index contributed by atoms with van der Waals surface area (Å²) in [5.74, 6) is 0.723. The molecular weight excluding hydrogens is 398 g/mol. The first kappa shape index (κ1) is 20.2. The zero-order valence-corrected chi connectivity index (χ0v) is 17.2. The van der Waals surface area contributed by atoms with Crippen molar-refractivity contribution in [2.24, 2.45) is 0 Å². The molecular formula is C19H21N3O4S2. The first-order valence-corrected chi connectivity index (χ1v) is 11.0. The van der Waals surface area contributed by atoms with Crippen LogP contribution in [0.5, 0.6) is 5.75 Å². The minimum Gasteiger partial charge on any atom is -0.497 e. The highest BCUT2D eigenvalue weighted by molar-refractivity contribution is 7.91. The van der Waals surface area contributed by atoms with E-state index in [1.54, 1.807) is 25.3 Å². The summed E-state index contributed by atoms with van der Waals surface area (Å²) in [7, 11) is -1.98. The van der Waals surface area contributed by atoms with Gasteiger partial charge in [0.05, 0.1) is 19.1 Å². The van der Waals surface area contributed by atoms with E-state index in [0.717, 1.165) is 22.6 Å². The highest BCUT2D eigenvalue weighted by Crippen LogP contribution is 2.21. The molecule has 1 N–H and O–H groups in total. The molecule has 0 unspecified atom stereocenters. The lowest BCUT2D eigenvalue weighted by atomic mass is 10.1. The fourth-order valence-electron chi connectivity index (χ4n) is 2.58. The fraction of sp³-hybridized carbons (Fsp3) is 0.263. The zero-order chi connectivity index (χ0) is 20.1. The number of benzene rings is 1. The van der Waals surface area contributed by atoms with Gasteiger partial charge in [-0.3, -0.25) is 9.36 Å². The van der Waals surface area contributed by atoms with Gasteiger partial charge in [-0.25, -0.2) is 18.1 Å². The van der Waals surface area contributed by atoms with Gasteiger partial charge in [-0.05, 0) is 42.8 Å². The molecule has 0 radical (unpaired) electrons. The van der Waals surface area contributed by atoms with Gasteiger partial charge < -0.3 is 4.74 Å². The summed E-state index contributed by atoms with van der Waals surface area (Å²) >= 11 is 1.25. The summed E-state index contributed by atoms with van der Waals surface area (Å²) in [5.41, 5.74) is 1.11. The lowest BCUT2D eigenvalue weighted by Gasteiger charge is -2.08. The molecule has 2 heterocycles. The molecule has 3 aromatic rings. The largest absolute Gasteiger partial charge is 0.497 e. The monoisotopic (exact) mass is 419 g/mol. The van der Waals surface area contributed by atoms with Gasteiger partial charge in [0, 0.05) is 29.6 Å². The molecule has 0 spiro atoms. The van der Waals surface area contributed by atoms with Gasteiger partial charge in [-0.1, -0.05) is 6.92 Å². The second-order valence-electron chi connectivity index (χ2n) is 6.01. The Labute approximate surface area is 167 Å². The first-order valence-electron chi connectivity index (χ1n) is 8.72. The number of methoxy groups -OCH3 is 1. The summed E-state index contributed by atoms with van der Waals surface area (Å²) in [6, 6.07) is 12.1. The Hall–Kier alpha value is -2.49. The van der Waals surface area contributed by atoms with E-state index in [-0.39, 0.29) is 22.9 Å². The Kier molecular flexibility index (Phi) is 6.28. The molecule has 0 aliphatic rings. The third kappa shape index (κ3) is 4.67. The number of hydrogen-bond donors (Lipinski definition) is 1. The Balaban J connectivity index is 1.65. The highest BCUT2D eigenvalue weighted by Gasteiger charge is 2.16. The summed E-state index contributed by atoms with van der Waals surface area (Å²) in [6.07, 6.45) is 2.22. The predicted octanol–water partition coefficient (Wildman–Crippen LogP) is 2.52. The number of nitrogens with zero attached hydrogens (tertiary/aromatic N) is 2. The van der Waals surface area contributed by atoms with E-state index in [1.165, 1.54) is 28.3 Å². The van der Waals surface area contributed by atoms with Crippen molar-refractivity contribution in [3.05, 3.63) is 64.0 Å². The molecule has 0 saturated heterocycles. The summed E-state index contributed by atoms with van der Waals surface area (Å²) in [5, 5.41) is 0. The van der Waals surface area contributed by atoms with Crippen molar-refractivity contribution in [1.82, 2.24) is 14.3 Å². The normalized spacial score (nSPS) is 11.5. The Morgan fingerprint density at radius 1 is 1.18 bits per heavy atom. The molecule has 3 rings (SSSR count). The number of aromatic nitrogens is 2. The van der Waals surface area contributed by atoms with Crippen LogP contribution in [0.2, 0.25) is 0 Å². The van der Waals surface area contributed by atoms with Crippen LogP contribution in [0.25, 0.3) is 11.3 Å². The molecule has 9 heteroatoms. The van der Waals surface area contributed by atoms with Crippen LogP contribution < -0.4 is 15.0 Å². The number of hydrogen-bond acceptors (Lipinski definition) is 6. The summed E-state index contributed by atoms with van der Waals surface area (Å²) in [6.45, 7) is 2.27. The molecule has 0 aliphatic heterocycles. The molecule has 1 aromatic carbocycles. The second-order valence-corrected chi connectivity index (χ2v) is 9.17. The Morgan fingerprint density at radius 3 is 2.54 bits per heavy atom. The minimum atomic E-state index is -3.57. The maximum Gasteiger partial charge on any atom is 0.253 e. The van der Waals surface area contributed by atoms with Gasteiger partial charge in [0.15, 0.2) is 0 Å². The van der Waals surface area contributed by atoms with Crippen LogP contribution in [-0.4, -0.2) is 31.6 Å². The number of nitrogens with one attached hydrogen (secondary N) is 1. The molecule has 7 nitrogen and oxygen atoms in total. The number of sulfonamides is 1. The molecule has 2 aromatic heterocycles. The van der Waals surface area contributed by atoms with E-state index < -0.39 is 10.0 Å². The van der Waals surface area contributed by atoms with Gasteiger partial charge in [-0.2, -0.15) is 0 Å². The van der Waals surface area contributed by atoms with E-state index in [9.17, 15) is 13.2 Å². The molecule has 0 amide bonds. The summed E-state index contributed by atoms with van der Waals surface area (Å²) < 4.78 is 33.9. The van der Waals surface area contributed by atoms with Gasteiger partial charge in [-0.15, -0.1) is 11.3 Å². The van der Waals surface area contributed by atoms with Crippen LogP contribution >= 0.6 is 11.3 Å². The molecule has 0 atom stereocenters. The smallest absolute Gasteiger partial charge is 0.253 e. The topological polar surface area (TPSA) is 90.3 Å². The number of rotatable bonds is 8. The van der Waals surface area contributed by atoms with E-state index >= 15 is 0 Å². The van der Waals surface area contributed by atoms with Crippen molar-refractivity contribution < 1.29 is 13.2 Å². The molecule has 28 heavy (non-hydrogen) atoms. The van der Waals surface area contributed by atoms with Crippen molar-refractivity contribution in [3.8, 4) is 17.0 Å². The van der Waals surface area contributed by atoms with E-state index in [1.807, 2.05) is 25.1 Å². The second kappa shape index (κ2) is 8.68. The number of aryl methyl sites for hydroxylation is 1. The van der Waals surface area contributed by atoms with Crippen molar-refractivity contribution in [3.63, 3.8) is 0 Å². The van der Waals surface area contributed by atoms with Crippen molar-refractivity contribution in [2.75, 3.05) is 13.7 Å². The van der Waals surface area contributed by atoms with Crippen LogP contribution in [0, 0.1) is 0 Å². The first-order chi connectivity index (χ1) is 13.4. The van der Waals surface area contributed by atoms with Gasteiger partial charge >= 0.3 is 0 Å². The van der Waals surface area contributed by atoms with Crippen LogP contribution in [0.4, 0.5) is 0 Å². The molecule has 0 bridgehead atoms. The van der Waals surface area contributed by atoms with Gasteiger partial charge in [0.25, 0.3) is 5.56 Å². The van der Waals surface area contributed by atoms with Crippen molar-refractivity contribution >= 4 is 21.4 Å². The fourth-order valence-corrected chi connectivity index (χ4v) is 4.94. The zero-order valence-electron chi connectivity index (χ0n) is 15.6. The third-order valence-electron chi connectivity index (χ3n) is 4.16. The minimum absolute atomic E-state index is 0.102. The van der Waals surface area contributed by atoms with E-state index in [0.29, 0.717) is 5.69 Å². The number of thiophene rings is 1. The van der Waals surface area contributed by atoms with E-state index in [2.05, 4.69) is 9.71 Å². The molecule has 0 fully saturated rings. The van der Waals surface area contributed by atoms with Gasteiger partial charge in [0.1, 0.15) is 9.96 Å². The van der Waals surface area contributed by atoms with Crippen LogP contribution in [-0.2, 0) is 23.0 Å². The lowest BCUT2D eigenvalue weighted by molar-refractivity contribution is 0.415. The van der Waals surface area contributed by atoms with Crippen LogP contribution in [0.3, 0.4) is 0 Å². The van der Waals surface area contributed by atoms with Crippen molar-refractivity contribution in [1.29, 1.82) is 0 Å². The maximum absolute atomic E-state index is 12.3. The molecule has 0 saturated carbocycles. The van der Waals surface area contributed by atoms with Crippen LogP contribution in [0.15, 0.2) is 57.8 Å². The van der Waals surface area contributed by atoms with E-state index in [4.69, 9.17) is 4.74 Å². The maximum atomic E-state index is 12.3. The average molecular weight is 420 g/mol. The van der Waals surface area contributed by atoms with Gasteiger partial charge in [0.2, 0.25) is 10.0 Å². The SMILES string of the molecule is CCc1ccc(S(=O)(=O)NCCn2cnc(-c3ccc(OC)cc3)cc2=O)s1. The number of ether oxygens (including phenoxy) is 1. The molecule has 0 aliphatic carbocycles. The molecule has 148 valence electrons. The summed E-state index contributed by atoms with van der Waals surface area (Å²) in [4.78, 5) is 17.6. The highest BCUT2D eigenvalue weighted by atomic mass is 32.2. The third-order valence-corrected chi connectivity index (χ3v) is 7.34. The average Bonchev–Trinajstić information content (AvgIpc) is 3.19. The Bertz CT molecular complexity index is 1100. The predicted molar refractivity (Wildman–Crippen MR) is 109 cm³/mol. The lowest BCUT2D eigenvalue weighted by Crippen LogP contribution is -2.30. The quantitative estimate of drug-likeness (QED) is 0.606. The van der Waals surface area contributed by atoms with Crippen molar-refractivity contribution in [2.45, 2.75) is 24.1 Å². The Morgan fingerprint density at radius 2 is 1.93 bits per heavy atom. The standard InChI is InChI=1S/C19H21N3O4S2/c1-3-16-8-9-19(27-16)28(24,25)21-10-11-22-13-20-17(12-18(22)23)14-4-6-15(26-2)7-5-14/h4-9,12-13,21H,3,10-11H2,1-2H3.